The van der Waals surface area contributed by atoms with Crippen molar-refractivity contribution in [2.45, 2.75) is 38.6 Å². The first kappa shape index (κ1) is 19.6. The largest absolute Gasteiger partial charge is 0.374 e. The number of ether oxygens (including phenoxy) is 1. The van der Waals surface area contributed by atoms with Crippen molar-refractivity contribution in [2.24, 2.45) is 0 Å². The van der Waals surface area contributed by atoms with Crippen molar-refractivity contribution in [2.75, 3.05) is 19.7 Å². The Morgan fingerprint density at radius 3 is 2.66 bits per heavy atom. The van der Waals surface area contributed by atoms with Gasteiger partial charge in [0.05, 0.1) is 25.2 Å². The summed E-state index contributed by atoms with van der Waals surface area (Å²) in [5, 5.41) is 0. The van der Waals surface area contributed by atoms with Crippen LogP contribution in [-0.2, 0) is 16.1 Å². The van der Waals surface area contributed by atoms with Crippen molar-refractivity contribution in [1.82, 2.24) is 14.4 Å². The molecule has 0 radical (unpaired) electrons. The van der Waals surface area contributed by atoms with E-state index in [2.05, 4.69) is 0 Å². The Kier molecular flexibility index (Phi) is 5.36. The molecular formula is C21H23F2N3O3. The van der Waals surface area contributed by atoms with Gasteiger partial charge in [0.25, 0.3) is 5.91 Å². The van der Waals surface area contributed by atoms with Gasteiger partial charge in [-0.25, -0.2) is 0 Å². The molecule has 0 N–H and O–H groups in total. The van der Waals surface area contributed by atoms with E-state index in [1.165, 1.54) is 17.0 Å². The fraction of sp³-hybridized carbons (Fsp3) is 0.429. The lowest BCUT2D eigenvalue weighted by Crippen LogP contribution is -2.45. The average molecular weight is 403 g/mol. The molecule has 0 unspecified atom stereocenters. The van der Waals surface area contributed by atoms with Gasteiger partial charge in [0.1, 0.15) is 5.69 Å². The van der Waals surface area contributed by atoms with Crippen LogP contribution in [-0.4, -0.2) is 58.0 Å². The van der Waals surface area contributed by atoms with Crippen LogP contribution < -0.4 is 0 Å². The maximum Gasteiger partial charge on any atom is 0.319 e. The van der Waals surface area contributed by atoms with Crippen LogP contribution in [0.1, 0.15) is 34.7 Å². The van der Waals surface area contributed by atoms with E-state index in [-0.39, 0.29) is 36.8 Å². The number of aryl methyl sites for hydroxylation is 1. The predicted molar refractivity (Wildman–Crippen MR) is 101 cm³/mol. The molecule has 4 rings (SSSR count). The van der Waals surface area contributed by atoms with Crippen molar-refractivity contribution in [3.63, 3.8) is 0 Å². The highest BCUT2D eigenvalue weighted by Crippen LogP contribution is 2.27. The first-order chi connectivity index (χ1) is 14.0. The van der Waals surface area contributed by atoms with Gasteiger partial charge in [0, 0.05) is 25.3 Å². The zero-order chi connectivity index (χ0) is 20.5. The van der Waals surface area contributed by atoms with E-state index in [0.29, 0.717) is 25.3 Å². The summed E-state index contributed by atoms with van der Waals surface area (Å²) in [6.45, 7) is 0.00798. The van der Waals surface area contributed by atoms with Crippen molar-refractivity contribution in [3.05, 3.63) is 59.4 Å². The molecule has 0 saturated carbocycles. The molecule has 2 saturated heterocycles. The number of carbonyl (C=O) groups excluding carboxylic acids is 2. The van der Waals surface area contributed by atoms with Crippen molar-refractivity contribution in [3.8, 4) is 0 Å². The highest BCUT2D eigenvalue weighted by molar-refractivity contribution is 5.93. The van der Waals surface area contributed by atoms with Crippen LogP contribution in [0.4, 0.5) is 8.78 Å². The lowest BCUT2D eigenvalue weighted by atomic mass is 10.1. The van der Waals surface area contributed by atoms with E-state index in [1.807, 2.05) is 30.3 Å². The Bertz CT molecular complexity index is 900. The molecule has 2 amide bonds. The van der Waals surface area contributed by atoms with Crippen molar-refractivity contribution in [1.29, 1.82) is 0 Å². The highest BCUT2D eigenvalue weighted by atomic mass is 19.3. The third-order valence-corrected chi connectivity index (χ3v) is 5.62. The number of halogens is 2. The fourth-order valence-electron chi connectivity index (χ4n) is 4.14. The number of alkyl halides is 2. The summed E-state index contributed by atoms with van der Waals surface area (Å²) in [5.74, 6) is -0.496. The third kappa shape index (κ3) is 3.76. The van der Waals surface area contributed by atoms with Crippen LogP contribution in [0, 0.1) is 6.92 Å². The molecule has 1 aromatic carbocycles. The molecule has 29 heavy (non-hydrogen) atoms. The smallest absolute Gasteiger partial charge is 0.319 e. The second kappa shape index (κ2) is 7.94. The fourth-order valence-corrected chi connectivity index (χ4v) is 4.14. The SMILES string of the molecule is Cc1ccc(C(=O)N2C[C@@H]3OCCC(=O)N(Cc4ccccc4)[C@H]3C2)n1C(F)F. The van der Waals surface area contributed by atoms with Gasteiger partial charge in [-0.05, 0) is 24.6 Å². The number of carbonyl (C=O) groups is 2. The third-order valence-electron chi connectivity index (χ3n) is 5.62. The van der Waals surface area contributed by atoms with E-state index >= 15 is 0 Å². The average Bonchev–Trinajstić information content (AvgIpc) is 3.26. The van der Waals surface area contributed by atoms with Crippen LogP contribution in [0.25, 0.3) is 0 Å². The molecule has 2 fully saturated rings. The molecule has 0 aliphatic carbocycles. The Morgan fingerprint density at radius 2 is 1.93 bits per heavy atom. The molecule has 0 bridgehead atoms. The van der Waals surface area contributed by atoms with Crippen LogP contribution in [0.15, 0.2) is 42.5 Å². The minimum Gasteiger partial charge on any atom is -0.374 e. The monoisotopic (exact) mass is 403 g/mol. The lowest BCUT2D eigenvalue weighted by Gasteiger charge is -2.29. The molecule has 3 heterocycles. The summed E-state index contributed by atoms with van der Waals surface area (Å²) in [5.41, 5.74) is 1.28. The Morgan fingerprint density at radius 1 is 1.17 bits per heavy atom. The molecule has 0 spiro atoms. The zero-order valence-corrected chi connectivity index (χ0v) is 16.1. The van der Waals surface area contributed by atoms with Crippen LogP contribution in [0.3, 0.4) is 0 Å². The van der Waals surface area contributed by atoms with E-state index in [0.717, 1.165) is 10.1 Å². The van der Waals surface area contributed by atoms with Crippen molar-refractivity contribution >= 4 is 11.8 Å². The number of rotatable bonds is 4. The molecule has 1 aromatic heterocycles. The van der Waals surface area contributed by atoms with E-state index in [9.17, 15) is 18.4 Å². The summed E-state index contributed by atoms with van der Waals surface area (Å²) in [6, 6.07) is 12.3. The Balaban J connectivity index is 1.57. The maximum atomic E-state index is 13.4. The summed E-state index contributed by atoms with van der Waals surface area (Å²) in [7, 11) is 0. The number of amides is 2. The second-order valence-electron chi connectivity index (χ2n) is 7.45. The van der Waals surface area contributed by atoms with Gasteiger partial charge in [-0.1, -0.05) is 30.3 Å². The molecule has 2 atom stereocenters. The van der Waals surface area contributed by atoms with Crippen LogP contribution >= 0.6 is 0 Å². The van der Waals surface area contributed by atoms with Gasteiger partial charge in [0.15, 0.2) is 0 Å². The number of fused-ring (bicyclic) bond motifs is 1. The number of hydrogen-bond acceptors (Lipinski definition) is 3. The summed E-state index contributed by atoms with van der Waals surface area (Å²) < 4.78 is 33.4. The Hall–Kier alpha value is -2.74. The molecular weight excluding hydrogens is 380 g/mol. The topological polar surface area (TPSA) is 54.8 Å². The van der Waals surface area contributed by atoms with Gasteiger partial charge in [-0.2, -0.15) is 8.78 Å². The van der Waals surface area contributed by atoms with Gasteiger partial charge in [0.2, 0.25) is 5.91 Å². The quantitative estimate of drug-likeness (QED) is 0.789. The summed E-state index contributed by atoms with van der Waals surface area (Å²) >= 11 is 0. The van der Waals surface area contributed by atoms with E-state index in [1.54, 1.807) is 11.8 Å². The number of nitrogens with zero attached hydrogens (tertiary/aromatic N) is 3. The molecule has 154 valence electrons. The molecule has 2 aliphatic heterocycles. The predicted octanol–water partition coefficient (Wildman–Crippen LogP) is 2.83. The minimum atomic E-state index is -2.79. The number of likely N-dealkylation sites (tertiary alicyclic amines) is 1. The highest BCUT2D eigenvalue weighted by Gasteiger charge is 2.43. The van der Waals surface area contributed by atoms with E-state index < -0.39 is 12.5 Å². The van der Waals surface area contributed by atoms with Gasteiger partial charge < -0.3 is 14.5 Å². The van der Waals surface area contributed by atoms with Gasteiger partial charge in [-0.15, -0.1) is 0 Å². The van der Waals surface area contributed by atoms with Crippen LogP contribution in [0.2, 0.25) is 0 Å². The molecule has 2 aliphatic rings. The lowest BCUT2D eigenvalue weighted by molar-refractivity contribution is -0.133. The molecule has 6 nitrogen and oxygen atoms in total. The van der Waals surface area contributed by atoms with Crippen LogP contribution in [0.5, 0.6) is 0 Å². The number of hydrogen-bond donors (Lipinski definition) is 0. The van der Waals surface area contributed by atoms with Gasteiger partial charge >= 0.3 is 6.55 Å². The summed E-state index contributed by atoms with van der Waals surface area (Å²) in [4.78, 5) is 28.9. The zero-order valence-electron chi connectivity index (χ0n) is 16.1. The first-order valence-corrected chi connectivity index (χ1v) is 9.66. The standard InChI is InChI=1S/C21H23F2N3O3/c1-14-7-8-16(26(14)21(22)23)20(28)24-12-17-18(13-24)29-10-9-19(27)25(17)11-15-5-3-2-4-6-15/h2-8,17-18,21H,9-13H2,1H3/t17-,18-/m0/s1. The summed E-state index contributed by atoms with van der Waals surface area (Å²) in [6.07, 6.45) is -0.0357. The van der Waals surface area contributed by atoms with Crippen molar-refractivity contribution < 1.29 is 23.1 Å². The molecule has 8 heteroatoms. The number of aromatic nitrogens is 1. The maximum absolute atomic E-state index is 13.4. The normalized spacial score (nSPS) is 22.1. The second-order valence-corrected chi connectivity index (χ2v) is 7.45. The first-order valence-electron chi connectivity index (χ1n) is 9.66. The van der Waals surface area contributed by atoms with E-state index in [4.69, 9.17) is 4.74 Å². The number of benzene rings is 1. The molecule has 2 aromatic rings. The van der Waals surface area contributed by atoms with Gasteiger partial charge in [-0.3, -0.25) is 14.2 Å². The minimum absolute atomic E-state index is 0.0255. The Labute approximate surface area is 167 Å².